The van der Waals surface area contributed by atoms with Crippen LogP contribution in [0.25, 0.3) is 0 Å². The number of fused-ring (bicyclic) bond motifs is 2. The summed E-state index contributed by atoms with van der Waals surface area (Å²) in [6, 6.07) is 0.341. The number of nitrogens with one attached hydrogen (secondary N) is 1. The molecule has 2 bridgehead atoms. The zero-order valence-electron chi connectivity index (χ0n) is 17.1. The number of hydrogen-bond acceptors (Lipinski definition) is 5. The van der Waals surface area contributed by atoms with Crippen molar-refractivity contribution < 1.29 is 9.53 Å². The molecule has 0 radical (unpaired) electrons. The number of aromatic nitrogens is 2. The summed E-state index contributed by atoms with van der Waals surface area (Å²) in [5.41, 5.74) is -0.0766. The van der Waals surface area contributed by atoms with Crippen molar-refractivity contribution in [2.24, 2.45) is 23.2 Å². The van der Waals surface area contributed by atoms with E-state index >= 15 is 0 Å². The molecule has 6 nitrogen and oxygen atoms in total. The maximum absolute atomic E-state index is 13.0. The van der Waals surface area contributed by atoms with Gasteiger partial charge in [0.1, 0.15) is 4.47 Å². The van der Waals surface area contributed by atoms with Gasteiger partial charge in [-0.05, 0) is 78.1 Å². The number of nitrogens with zero attached hydrogens (tertiary/aromatic N) is 2. The number of ether oxygens (including phenoxy) is 1. The second-order valence-electron chi connectivity index (χ2n) is 9.40. The lowest BCUT2D eigenvalue weighted by molar-refractivity contribution is -0.160. The van der Waals surface area contributed by atoms with E-state index in [4.69, 9.17) is 4.74 Å². The average Bonchev–Trinajstić information content (AvgIpc) is 2.61. The number of halogens is 1. The van der Waals surface area contributed by atoms with Crippen LogP contribution in [0.5, 0.6) is 0 Å². The summed E-state index contributed by atoms with van der Waals surface area (Å²) in [7, 11) is 0. The smallest absolute Gasteiger partial charge is 0.334 e. The van der Waals surface area contributed by atoms with E-state index in [1.807, 2.05) is 0 Å². The molecule has 0 aromatic carbocycles. The molecule has 0 saturated heterocycles. The summed E-state index contributed by atoms with van der Waals surface area (Å²) in [6.45, 7) is 9.15. The number of esters is 1. The van der Waals surface area contributed by atoms with Crippen LogP contribution >= 0.6 is 15.9 Å². The van der Waals surface area contributed by atoms with Crippen LogP contribution in [0.3, 0.4) is 0 Å². The largest absolute Gasteiger partial charge is 0.464 e. The highest BCUT2D eigenvalue weighted by Gasteiger charge is 2.56. The maximum Gasteiger partial charge on any atom is 0.334 e. The van der Waals surface area contributed by atoms with Crippen LogP contribution < -0.4 is 10.9 Å². The van der Waals surface area contributed by atoms with E-state index < -0.39 is 5.54 Å². The summed E-state index contributed by atoms with van der Waals surface area (Å²) < 4.78 is 7.01. The minimum atomic E-state index is -0.947. The van der Waals surface area contributed by atoms with Gasteiger partial charge in [-0.1, -0.05) is 20.8 Å². The van der Waals surface area contributed by atoms with Crippen molar-refractivity contribution in [2.45, 2.75) is 71.4 Å². The molecule has 4 atom stereocenters. The van der Waals surface area contributed by atoms with Crippen LogP contribution in [-0.4, -0.2) is 28.4 Å². The Labute approximate surface area is 174 Å². The Balaban J connectivity index is 1.57. The molecular weight excluding hydrogens is 422 g/mol. The van der Waals surface area contributed by atoms with E-state index in [2.05, 4.69) is 47.1 Å². The van der Waals surface area contributed by atoms with Crippen LogP contribution in [0.4, 0.5) is 5.69 Å². The van der Waals surface area contributed by atoms with Crippen molar-refractivity contribution in [2.75, 3.05) is 11.9 Å². The molecule has 0 spiro atoms. The third-order valence-corrected chi connectivity index (χ3v) is 8.62. The first-order chi connectivity index (χ1) is 13.2. The monoisotopic (exact) mass is 451 g/mol. The van der Waals surface area contributed by atoms with Gasteiger partial charge in [0.15, 0.2) is 5.54 Å². The first-order valence-corrected chi connectivity index (χ1v) is 11.2. The molecule has 1 aromatic heterocycles. The second kappa shape index (κ2) is 6.85. The first-order valence-electron chi connectivity index (χ1n) is 10.4. The van der Waals surface area contributed by atoms with Crippen molar-refractivity contribution >= 4 is 27.6 Å². The highest BCUT2D eigenvalue weighted by molar-refractivity contribution is 9.10. The third-order valence-electron chi connectivity index (χ3n) is 7.86. The van der Waals surface area contributed by atoms with Gasteiger partial charge in [0, 0.05) is 6.04 Å². The van der Waals surface area contributed by atoms with E-state index in [1.165, 1.54) is 11.1 Å². The molecule has 4 fully saturated rings. The Morgan fingerprint density at radius 3 is 2.64 bits per heavy atom. The molecule has 1 heterocycles. The predicted octanol–water partition coefficient (Wildman–Crippen LogP) is 3.93. The molecule has 4 aliphatic carbocycles. The molecule has 0 amide bonds. The third kappa shape index (κ3) is 2.76. The lowest BCUT2D eigenvalue weighted by Crippen LogP contribution is -2.58. The number of hydrogen-bond donors (Lipinski definition) is 1. The van der Waals surface area contributed by atoms with Crippen LogP contribution in [0.15, 0.2) is 15.5 Å². The van der Waals surface area contributed by atoms with E-state index in [-0.39, 0.29) is 11.5 Å². The van der Waals surface area contributed by atoms with E-state index in [1.54, 1.807) is 13.1 Å². The number of rotatable bonds is 5. The fourth-order valence-electron chi connectivity index (χ4n) is 5.66. The predicted molar refractivity (Wildman–Crippen MR) is 111 cm³/mol. The van der Waals surface area contributed by atoms with Gasteiger partial charge in [0.25, 0.3) is 5.56 Å². The zero-order valence-corrected chi connectivity index (χ0v) is 18.7. The van der Waals surface area contributed by atoms with E-state index in [9.17, 15) is 9.59 Å². The molecule has 28 heavy (non-hydrogen) atoms. The molecule has 0 aliphatic heterocycles. The summed E-state index contributed by atoms with van der Waals surface area (Å²) in [5.74, 6) is 1.65. The zero-order chi connectivity index (χ0) is 20.3. The van der Waals surface area contributed by atoms with Crippen LogP contribution in [0, 0.1) is 23.2 Å². The Hall–Kier alpha value is -1.37. The molecule has 4 saturated carbocycles. The van der Waals surface area contributed by atoms with Gasteiger partial charge in [-0.2, -0.15) is 5.10 Å². The Morgan fingerprint density at radius 2 is 2.11 bits per heavy atom. The number of carbonyl (C=O) groups excluding carboxylic acids is 1. The summed E-state index contributed by atoms with van der Waals surface area (Å²) >= 11 is 3.47. The van der Waals surface area contributed by atoms with Crippen LogP contribution in [0.1, 0.15) is 59.8 Å². The van der Waals surface area contributed by atoms with Crippen molar-refractivity contribution in [3.05, 3.63) is 21.0 Å². The highest BCUT2D eigenvalue weighted by atomic mass is 79.9. The normalized spacial score (nSPS) is 32.0. The number of carbonyl (C=O) groups is 1. The van der Waals surface area contributed by atoms with Gasteiger partial charge in [-0.3, -0.25) is 4.79 Å². The molecule has 1 aromatic rings. The Morgan fingerprint density at radius 1 is 1.39 bits per heavy atom. The topological polar surface area (TPSA) is 73.2 Å². The SMILES string of the molecule is CCOC(=O)C1(n2ncc(N[C@@H]3C[C@H]4C[C@@H]([C@H]3C)C4(C)C)c(Br)c2=O)CCC1. The first kappa shape index (κ1) is 19.9. The van der Waals surface area contributed by atoms with Crippen LogP contribution in [0.2, 0.25) is 0 Å². The fourth-order valence-corrected chi connectivity index (χ4v) is 6.04. The van der Waals surface area contributed by atoms with E-state index in [0.29, 0.717) is 41.3 Å². The van der Waals surface area contributed by atoms with Crippen molar-refractivity contribution in [1.29, 1.82) is 0 Å². The number of anilines is 1. The maximum atomic E-state index is 13.0. The molecule has 154 valence electrons. The lowest BCUT2D eigenvalue weighted by Gasteiger charge is -2.62. The lowest BCUT2D eigenvalue weighted by atomic mass is 9.45. The highest BCUT2D eigenvalue weighted by Crippen LogP contribution is 2.61. The fraction of sp³-hybridized carbons (Fsp3) is 0.762. The van der Waals surface area contributed by atoms with Gasteiger partial charge in [-0.25, -0.2) is 9.48 Å². The van der Waals surface area contributed by atoms with E-state index in [0.717, 1.165) is 30.4 Å². The minimum Gasteiger partial charge on any atom is -0.464 e. The standard InChI is InChI=1S/C21H30BrN3O3/c1-5-28-19(27)21(7-6-8-21)25-18(26)17(22)16(11-23-25)24-15-10-13-9-14(12(15)2)20(13,3)4/h11-15,24H,5-10H2,1-4H3/t12-,13-,14+,15-/m1/s1. The van der Waals surface area contributed by atoms with Gasteiger partial charge in [0.05, 0.1) is 18.5 Å². The van der Waals surface area contributed by atoms with Crippen molar-refractivity contribution in [3.63, 3.8) is 0 Å². The molecule has 0 unspecified atom stereocenters. The molecular formula is C21H30BrN3O3. The second-order valence-corrected chi connectivity index (χ2v) is 10.2. The summed E-state index contributed by atoms with van der Waals surface area (Å²) in [6.07, 6.45) is 6.19. The minimum absolute atomic E-state index is 0.272. The summed E-state index contributed by atoms with van der Waals surface area (Å²) in [4.78, 5) is 25.5. The quantitative estimate of drug-likeness (QED) is 0.686. The van der Waals surface area contributed by atoms with Gasteiger partial charge >= 0.3 is 5.97 Å². The van der Waals surface area contributed by atoms with Crippen molar-refractivity contribution in [3.8, 4) is 0 Å². The van der Waals surface area contributed by atoms with Gasteiger partial charge in [0.2, 0.25) is 0 Å². The molecule has 4 aliphatic rings. The Kier molecular flexibility index (Phi) is 4.88. The Bertz CT molecular complexity index is 846. The summed E-state index contributed by atoms with van der Waals surface area (Å²) in [5, 5.41) is 7.97. The molecule has 7 heteroatoms. The van der Waals surface area contributed by atoms with Gasteiger partial charge in [-0.15, -0.1) is 0 Å². The molecule has 1 N–H and O–H groups in total. The van der Waals surface area contributed by atoms with Gasteiger partial charge < -0.3 is 10.1 Å². The molecule has 5 rings (SSSR count). The van der Waals surface area contributed by atoms with Crippen molar-refractivity contribution in [1.82, 2.24) is 9.78 Å². The average molecular weight is 452 g/mol. The van der Waals surface area contributed by atoms with Crippen LogP contribution in [-0.2, 0) is 15.1 Å².